The van der Waals surface area contributed by atoms with E-state index in [1.165, 1.54) is 18.1 Å². The van der Waals surface area contributed by atoms with E-state index in [4.69, 9.17) is 16.6 Å². The molecule has 3 unspecified atom stereocenters. The number of benzene rings is 1. The molecule has 0 spiro atoms. The van der Waals surface area contributed by atoms with E-state index in [0.717, 1.165) is 30.2 Å². The van der Waals surface area contributed by atoms with Crippen molar-refractivity contribution in [2.24, 2.45) is 25.9 Å². The molecule has 1 aliphatic carbocycles. The van der Waals surface area contributed by atoms with Crippen molar-refractivity contribution in [2.45, 2.75) is 57.2 Å². The Bertz CT molecular complexity index is 2020. The summed E-state index contributed by atoms with van der Waals surface area (Å²) in [6, 6.07) is 7.11. The number of hydrogen-bond acceptors (Lipinski definition) is 9. The number of pyridine rings is 1. The topological polar surface area (TPSA) is 144 Å². The van der Waals surface area contributed by atoms with Crippen LogP contribution in [-0.4, -0.2) is 57.0 Å². The zero-order chi connectivity index (χ0) is 31.9. The molecule has 7 rings (SSSR count). The Morgan fingerprint density at radius 1 is 1.09 bits per heavy atom. The van der Waals surface area contributed by atoms with Crippen molar-refractivity contribution in [3.63, 3.8) is 0 Å². The number of aromatic nitrogens is 5. The quantitative estimate of drug-likeness (QED) is 0.286. The highest BCUT2D eigenvalue weighted by atomic mass is 35.5. The number of rotatable bonds is 7. The summed E-state index contributed by atoms with van der Waals surface area (Å²) < 4.78 is 29.0. The van der Waals surface area contributed by atoms with Crippen LogP contribution in [0.3, 0.4) is 0 Å². The molecule has 2 N–H and O–H groups in total. The maximum absolute atomic E-state index is 13.9. The van der Waals surface area contributed by atoms with E-state index < -0.39 is 22.0 Å². The highest BCUT2D eigenvalue weighted by Crippen LogP contribution is 2.61. The van der Waals surface area contributed by atoms with E-state index in [1.54, 1.807) is 17.7 Å². The smallest absolute Gasteiger partial charge is 0.285 e. The molecule has 4 aromatic rings. The van der Waals surface area contributed by atoms with Crippen molar-refractivity contribution in [2.75, 3.05) is 16.5 Å². The van der Waals surface area contributed by atoms with Gasteiger partial charge in [-0.05, 0) is 80.2 Å². The molecule has 14 heteroatoms. The van der Waals surface area contributed by atoms with Gasteiger partial charge < -0.3 is 10.2 Å². The van der Waals surface area contributed by atoms with Gasteiger partial charge in [0.25, 0.3) is 11.5 Å². The lowest BCUT2D eigenvalue weighted by Gasteiger charge is -2.42. The van der Waals surface area contributed by atoms with E-state index in [-0.39, 0.29) is 16.4 Å². The Morgan fingerprint density at radius 3 is 2.44 bits per heavy atom. The second-order valence-corrected chi connectivity index (χ2v) is 15.0. The van der Waals surface area contributed by atoms with Crippen LogP contribution in [-0.2, 0) is 24.1 Å². The van der Waals surface area contributed by atoms with Crippen LogP contribution in [0.15, 0.2) is 41.5 Å². The molecule has 3 aromatic heterocycles. The van der Waals surface area contributed by atoms with Gasteiger partial charge in [-0.2, -0.15) is 5.10 Å². The summed E-state index contributed by atoms with van der Waals surface area (Å²) >= 11 is 6.07. The summed E-state index contributed by atoms with van der Waals surface area (Å²) in [6.45, 7) is 3.83. The highest BCUT2D eigenvalue weighted by Gasteiger charge is 2.62. The molecule has 0 radical (unpaired) electrons. The zero-order valence-corrected chi connectivity index (χ0v) is 27.2. The molecule has 2 aliphatic heterocycles. The van der Waals surface area contributed by atoms with Crippen LogP contribution in [0.2, 0.25) is 5.15 Å². The molecule has 6 atom stereocenters. The van der Waals surface area contributed by atoms with Crippen LogP contribution in [0.1, 0.15) is 65.3 Å². The summed E-state index contributed by atoms with van der Waals surface area (Å²) in [5.41, 5.74) is 3.54. The summed E-state index contributed by atoms with van der Waals surface area (Å²) in [7, 11) is -0.0787. The van der Waals surface area contributed by atoms with Gasteiger partial charge in [0, 0.05) is 37.9 Å². The average Bonchev–Trinajstić information content (AvgIpc) is 3.60. The van der Waals surface area contributed by atoms with Crippen molar-refractivity contribution in [3.05, 3.63) is 74.6 Å². The molecule has 3 fully saturated rings. The number of carbonyl (C=O) groups excluding carboxylic acids is 1. The summed E-state index contributed by atoms with van der Waals surface area (Å²) in [5, 5.41) is 8.26. The number of carbonyl (C=O) groups is 1. The minimum atomic E-state index is -3.83. The van der Waals surface area contributed by atoms with Crippen LogP contribution in [0.25, 0.3) is 10.9 Å². The minimum Gasteiger partial charge on any atom is -0.377 e. The van der Waals surface area contributed by atoms with Gasteiger partial charge in [-0.3, -0.25) is 18.8 Å². The van der Waals surface area contributed by atoms with Crippen LogP contribution in [0, 0.1) is 18.8 Å². The lowest BCUT2D eigenvalue weighted by molar-refractivity contribution is 0.0977. The second kappa shape index (κ2) is 10.5. The fourth-order valence-electron chi connectivity index (χ4n) is 7.61. The molecule has 5 heterocycles. The van der Waals surface area contributed by atoms with Gasteiger partial charge in [-0.25, -0.2) is 23.1 Å². The van der Waals surface area contributed by atoms with Gasteiger partial charge in [-0.1, -0.05) is 17.7 Å². The number of halogens is 1. The van der Waals surface area contributed by atoms with Gasteiger partial charge in [0.15, 0.2) is 5.69 Å². The van der Waals surface area contributed by atoms with Crippen molar-refractivity contribution in [1.82, 2.24) is 29.0 Å². The summed E-state index contributed by atoms with van der Waals surface area (Å²) in [6.07, 6.45) is 8.21. The lowest BCUT2D eigenvalue weighted by Crippen LogP contribution is -2.48. The molecule has 1 aromatic carbocycles. The summed E-state index contributed by atoms with van der Waals surface area (Å²) in [5.74, 6) is 1.42. The molecule has 1 saturated carbocycles. The second-order valence-electron chi connectivity index (χ2n) is 12.8. The van der Waals surface area contributed by atoms with Crippen LogP contribution >= 0.6 is 11.6 Å². The van der Waals surface area contributed by atoms with Gasteiger partial charge in [0.05, 0.1) is 35.1 Å². The normalized spacial score (nSPS) is 24.4. The van der Waals surface area contributed by atoms with Gasteiger partial charge in [0.2, 0.25) is 16.0 Å². The van der Waals surface area contributed by atoms with Gasteiger partial charge >= 0.3 is 0 Å². The van der Waals surface area contributed by atoms with Crippen LogP contribution in [0.5, 0.6) is 0 Å². The van der Waals surface area contributed by atoms with Crippen LogP contribution < -0.4 is 20.5 Å². The predicted molar refractivity (Wildman–Crippen MR) is 172 cm³/mol. The minimum absolute atomic E-state index is 0.0441. The Morgan fingerprint density at radius 2 is 1.80 bits per heavy atom. The molecular weight excluding hydrogens is 616 g/mol. The largest absolute Gasteiger partial charge is 0.377 e. The van der Waals surface area contributed by atoms with Crippen molar-refractivity contribution < 1.29 is 13.2 Å². The molecular formula is C31H35ClN8O4S. The van der Waals surface area contributed by atoms with E-state index in [2.05, 4.69) is 26.5 Å². The lowest BCUT2D eigenvalue weighted by atomic mass is 9.84. The molecule has 45 heavy (non-hydrogen) atoms. The fraction of sp³-hybridized carbons (Fsp3) is 0.452. The Hall–Kier alpha value is -3.97. The van der Waals surface area contributed by atoms with E-state index in [0.29, 0.717) is 52.4 Å². The third-order valence-corrected chi connectivity index (χ3v) is 10.4. The number of sulfonamides is 1. The number of aryl methyl sites for hydroxylation is 2. The molecule has 3 aliphatic rings. The number of amides is 1. The Kier molecular flexibility index (Phi) is 6.97. The molecule has 1 amide bonds. The fourth-order valence-corrected chi connectivity index (χ4v) is 8.19. The van der Waals surface area contributed by atoms with Crippen molar-refractivity contribution >= 4 is 50.1 Å². The van der Waals surface area contributed by atoms with Crippen molar-refractivity contribution in [3.8, 4) is 0 Å². The molecule has 12 nitrogen and oxygen atoms in total. The van der Waals surface area contributed by atoms with E-state index in [9.17, 15) is 18.0 Å². The third kappa shape index (κ3) is 5.25. The van der Waals surface area contributed by atoms with E-state index in [1.807, 2.05) is 48.6 Å². The molecule has 2 saturated heterocycles. The first-order valence-corrected chi connectivity index (χ1v) is 17.3. The van der Waals surface area contributed by atoms with E-state index >= 15 is 0 Å². The standard InChI is InChI=1S/C31H35ClN8O4S/c1-15-8-19(16(2)34-23-6-7-26(32)35-28(23)29(41)37-45(5,43)44)27-22(9-15)30(42)39(4)31(36-27)40-24-10-17(18-13-33-38(3)14-18)11-25(40)21-12-20(21)24/h6-9,13-14,16-17,20-21,24-25,34H,10-12H2,1-5H3,(H,37,41)/t16-,17?,20?,21?,24-,25+/m1/s1. The first kappa shape index (κ1) is 29.7. The number of fused-ring (bicyclic) bond motifs is 6. The number of nitrogens with zero attached hydrogens (tertiary/aromatic N) is 6. The maximum atomic E-state index is 13.9. The molecule has 2 bridgehead atoms. The first-order valence-electron chi connectivity index (χ1n) is 15.0. The number of piperidine rings is 2. The number of anilines is 2. The van der Waals surface area contributed by atoms with Gasteiger partial charge in [0.1, 0.15) is 5.15 Å². The van der Waals surface area contributed by atoms with Gasteiger partial charge in [-0.15, -0.1) is 0 Å². The first-order chi connectivity index (χ1) is 21.3. The monoisotopic (exact) mass is 650 g/mol. The SMILES string of the molecule is Cc1cc([C@@H](C)Nc2ccc(Cl)nc2C(=O)NS(C)(=O)=O)c2nc(N3[C@@H]4CC(c5cnn(C)c5)C[C@H]3C3CC34)n(C)c(=O)c2c1. The maximum Gasteiger partial charge on any atom is 0.285 e. The third-order valence-electron chi connectivity index (χ3n) is 9.60. The van der Waals surface area contributed by atoms with Crippen molar-refractivity contribution in [1.29, 1.82) is 0 Å². The molecule has 236 valence electrons. The summed E-state index contributed by atoms with van der Waals surface area (Å²) in [4.78, 5) is 38.5. The number of nitrogens with one attached hydrogen (secondary N) is 2. The number of hydrogen-bond donors (Lipinski definition) is 2. The zero-order valence-electron chi connectivity index (χ0n) is 25.7. The Balaban J connectivity index is 1.27. The average molecular weight is 651 g/mol. The highest BCUT2D eigenvalue weighted by molar-refractivity contribution is 7.89. The predicted octanol–water partition coefficient (Wildman–Crippen LogP) is 3.66. The van der Waals surface area contributed by atoms with Crippen LogP contribution in [0.4, 0.5) is 11.6 Å². The Labute approximate surface area is 265 Å².